The third-order valence-electron chi connectivity index (χ3n) is 3.32. The van der Waals surface area contributed by atoms with Gasteiger partial charge in [-0.3, -0.25) is 0 Å². The molecule has 0 fully saturated rings. The maximum absolute atomic E-state index is 9.26. The quantitative estimate of drug-likeness (QED) is 0.684. The van der Waals surface area contributed by atoms with Gasteiger partial charge in [0.25, 0.3) is 0 Å². The smallest absolute Gasteiger partial charge is 0.204 e. The first-order valence-corrected chi connectivity index (χ1v) is 7.44. The fourth-order valence-electron chi connectivity index (χ4n) is 2.06. The highest BCUT2D eigenvalue weighted by atomic mass is 16.5. The molecular formula is C15H28N4O2. The number of hydrogen-bond donors (Lipinski definition) is 3. The zero-order valence-corrected chi connectivity index (χ0v) is 13.7. The summed E-state index contributed by atoms with van der Waals surface area (Å²) in [6.07, 6.45) is 3.17. The Balaban J connectivity index is 3.00. The molecule has 0 amide bonds. The van der Waals surface area contributed by atoms with E-state index >= 15 is 0 Å². The van der Waals surface area contributed by atoms with Crippen molar-refractivity contribution >= 4 is 11.6 Å². The number of anilines is 2. The van der Waals surface area contributed by atoms with Gasteiger partial charge in [0.1, 0.15) is 6.33 Å². The van der Waals surface area contributed by atoms with Gasteiger partial charge in [0, 0.05) is 19.2 Å². The number of nitrogens with one attached hydrogen (secondary N) is 2. The lowest BCUT2D eigenvalue weighted by atomic mass is 9.85. The molecule has 21 heavy (non-hydrogen) atoms. The number of aliphatic hydroxyl groups is 1. The first-order valence-electron chi connectivity index (χ1n) is 7.44. The third kappa shape index (κ3) is 5.04. The number of methoxy groups -OCH3 is 1. The van der Waals surface area contributed by atoms with E-state index in [1.165, 1.54) is 6.33 Å². The van der Waals surface area contributed by atoms with Gasteiger partial charge >= 0.3 is 0 Å². The molecule has 0 saturated heterocycles. The molecule has 0 saturated carbocycles. The Morgan fingerprint density at radius 3 is 2.48 bits per heavy atom. The second kappa shape index (κ2) is 8.02. The average Bonchev–Trinajstić information content (AvgIpc) is 2.43. The van der Waals surface area contributed by atoms with E-state index in [1.54, 1.807) is 7.11 Å². The highest BCUT2D eigenvalue weighted by molar-refractivity contribution is 5.63. The molecule has 0 radical (unpaired) electrons. The van der Waals surface area contributed by atoms with Gasteiger partial charge < -0.3 is 20.5 Å². The Bertz CT molecular complexity index is 432. The van der Waals surface area contributed by atoms with Crippen molar-refractivity contribution in [1.82, 2.24) is 9.97 Å². The van der Waals surface area contributed by atoms with E-state index in [1.807, 2.05) is 0 Å². The fraction of sp³-hybridized carbons (Fsp3) is 0.733. The molecule has 0 aliphatic heterocycles. The van der Waals surface area contributed by atoms with E-state index in [0.29, 0.717) is 23.8 Å². The Morgan fingerprint density at radius 2 is 1.95 bits per heavy atom. The summed E-state index contributed by atoms with van der Waals surface area (Å²) < 4.78 is 5.45. The number of aromatic nitrogens is 2. The van der Waals surface area contributed by atoms with Gasteiger partial charge in [-0.2, -0.15) is 0 Å². The predicted molar refractivity (Wildman–Crippen MR) is 85.9 cm³/mol. The van der Waals surface area contributed by atoms with Gasteiger partial charge in [-0.1, -0.05) is 27.7 Å². The van der Waals surface area contributed by atoms with Crippen molar-refractivity contribution in [3.05, 3.63) is 6.33 Å². The molecule has 6 heteroatoms. The topological polar surface area (TPSA) is 79.3 Å². The van der Waals surface area contributed by atoms with Crippen LogP contribution in [0.2, 0.25) is 0 Å². The minimum absolute atomic E-state index is 0.00426. The standard InChI is InChI=1S/C15H28N4O2/c1-6-8-16-13-12(21-5)14(18-10-17-13)19-11(7-9-20)15(2,3)4/h10-11,20H,6-9H2,1-5H3,(H2,16,17,18,19). The third-order valence-corrected chi connectivity index (χ3v) is 3.32. The van der Waals surface area contributed by atoms with Crippen LogP contribution in [0.15, 0.2) is 6.33 Å². The maximum Gasteiger partial charge on any atom is 0.204 e. The summed E-state index contributed by atoms with van der Waals surface area (Å²) in [7, 11) is 1.61. The van der Waals surface area contributed by atoms with Crippen LogP contribution in [-0.2, 0) is 0 Å². The number of rotatable bonds is 8. The van der Waals surface area contributed by atoms with Gasteiger partial charge in [-0.25, -0.2) is 9.97 Å². The summed E-state index contributed by atoms with van der Waals surface area (Å²) in [4.78, 5) is 8.51. The summed E-state index contributed by atoms with van der Waals surface area (Å²) in [5.74, 6) is 1.95. The molecule has 1 atom stereocenters. The molecule has 0 aromatic carbocycles. The van der Waals surface area contributed by atoms with Crippen molar-refractivity contribution in [2.75, 3.05) is 30.9 Å². The Labute approximate surface area is 127 Å². The van der Waals surface area contributed by atoms with Gasteiger partial charge in [0.15, 0.2) is 11.6 Å². The summed E-state index contributed by atoms with van der Waals surface area (Å²) in [5.41, 5.74) is -0.00426. The van der Waals surface area contributed by atoms with Crippen molar-refractivity contribution in [3.8, 4) is 5.75 Å². The van der Waals surface area contributed by atoms with Crippen molar-refractivity contribution in [2.24, 2.45) is 5.41 Å². The number of nitrogens with zero attached hydrogens (tertiary/aromatic N) is 2. The van der Waals surface area contributed by atoms with E-state index in [2.05, 4.69) is 48.3 Å². The Kier molecular flexibility index (Phi) is 6.68. The highest BCUT2D eigenvalue weighted by Gasteiger charge is 2.26. The second-order valence-corrected chi connectivity index (χ2v) is 6.11. The minimum Gasteiger partial charge on any atom is -0.490 e. The first-order chi connectivity index (χ1) is 9.93. The Morgan fingerprint density at radius 1 is 1.29 bits per heavy atom. The minimum atomic E-state index is -0.00426. The molecule has 0 aliphatic rings. The van der Waals surface area contributed by atoms with Gasteiger partial charge in [-0.05, 0) is 18.3 Å². The summed E-state index contributed by atoms with van der Waals surface area (Å²) in [6, 6.07) is 0.0883. The molecule has 1 rings (SSSR count). The van der Waals surface area contributed by atoms with E-state index in [9.17, 15) is 5.11 Å². The highest BCUT2D eigenvalue weighted by Crippen LogP contribution is 2.32. The Hall–Kier alpha value is -1.56. The van der Waals surface area contributed by atoms with Gasteiger partial charge in [0.2, 0.25) is 5.75 Å². The molecule has 1 unspecified atom stereocenters. The number of hydrogen-bond acceptors (Lipinski definition) is 6. The average molecular weight is 296 g/mol. The molecule has 1 aromatic heterocycles. The molecule has 6 nitrogen and oxygen atoms in total. The van der Waals surface area contributed by atoms with Crippen molar-refractivity contribution < 1.29 is 9.84 Å². The summed E-state index contributed by atoms with van der Waals surface area (Å²) in [6.45, 7) is 9.44. The molecule has 1 heterocycles. The van der Waals surface area contributed by atoms with Crippen LogP contribution >= 0.6 is 0 Å². The lowest BCUT2D eigenvalue weighted by Gasteiger charge is -2.32. The lowest BCUT2D eigenvalue weighted by Crippen LogP contribution is -2.35. The summed E-state index contributed by atoms with van der Waals surface area (Å²) >= 11 is 0. The molecular weight excluding hydrogens is 268 g/mol. The largest absolute Gasteiger partial charge is 0.490 e. The van der Waals surface area contributed by atoms with Gasteiger partial charge in [0.05, 0.1) is 7.11 Å². The molecule has 0 aliphatic carbocycles. The predicted octanol–water partition coefficient (Wildman–Crippen LogP) is 2.52. The molecule has 3 N–H and O–H groups in total. The van der Waals surface area contributed by atoms with Gasteiger partial charge in [-0.15, -0.1) is 0 Å². The van der Waals surface area contributed by atoms with Crippen LogP contribution in [0.25, 0.3) is 0 Å². The molecule has 1 aromatic rings. The SMILES string of the molecule is CCCNc1ncnc(NC(CCO)C(C)(C)C)c1OC. The number of aliphatic hydroxyl groups excluding tert-OH is 1. The van der Waals surface area contributed by atoms with E-state index < -0.39 is 0 Å². The van der Waals surface area contributed by atoms with Crippen molar-refractivity contribution in [1.29, 1.82) is 0 Å². The van der Waals surface area contributed by atoms with E-state index in [-0.39, 0.29) is 18.1 Å². The zero-order chi connectivity index (χ0) is 15.9. The van der Waals surface area contributed by atoms with Crippen LogP contribution in [0, 0.1) is 5.41 Å². The van der Waals surface area contributed by atoms with E-state index in [0.717, 1.165) is 13.0 Å². The van der Waals surface area contributed by atoms with Crippen LogP contribution in [0.1, 0.15) is 40.5 Å². The maximum atomic E-state index is 9.26. The first kappa shape index (κ1) is 17.5. The second-order valence-electron chi connectivity index (χ2n) is 6.11. The monoisotopic (exact) mass is 296 g/mol. The van der Waals surface area contributed by atoms with Crippen LogP contribution < -0.4 is 15.4 Å². The summed E-state index contributed by atoms with van der Waals surface area (Å²) in [5, 5.41) is 15.9. The van der Waals surface area contributed by atoms with Crippen LogP contribution in [0.4, 0.5) is 11.6 Å². The van der Waals surface area contributed by atoms with Crippen LogP contribution in [0.5, 0.6) is 5.75 Å². The zero-order valence-electron chi connectivity index (χ0n) is 13.7. The number of ether oxygens (including phenoxy) is 1. The van der Waals surface area contributed by atoms with Crippen LogP contribution in [-0.4, -0.2) is 41.4 Å². The van der Waals surface area contributed by atoms with E-state index in [4.69, 9.17) is 4.74 Å². The van der Waals surface area contributed by atoms with Crippen molar-refractivity contribution in [3.63, 3.8) is 0 Å². The van der Waals surface area contributed by atoms with Crippen LogP contribution in [0.3, 0.4) is 0 Å². The molecule has 120 valence electrons. The lowest BCUT2D eigenvalue weighted by molar-refractivity contribution is 0.234. The normalized spacial score (nSPS) is 12.9. The fourth-order valence-corrected chi connectivity index (χ4v) is 2.06. The molecule has 0 bridgehead atoms. The van der Waals surface area contributed by atoms with Crippen molar-refractivity contribution in [2.45, 2.75) is 46.6 Å². The molecule has 0 spiro atoms.